The number of aryl methyl sites for hydroxylation is 1. The van der Waals surface area contributed by atoms with E-state index in [2.05, 4.69) is 20.4 Å². The fourth-order valence-corrected chi connectivity index (χ4v) is 3.10. The quantitative estimate of drug-likeness (QED) is 0.585. The van der Waals surface area contributed by atoms with Crippen molar-refractivity contribution in [3.8, 4) is 5.88 Å². The number of aromatic nitrogens is 4. The second-order valence-corrected chi connectivity index (χ2v) is 7.60. The Balaban J connectivity index is 1.71. The Morgan fingerprint density at radius 1 is 1.29 bits per heavy atom. The minimum Gasteiger partial charge on any atom is -0.477 e. The molecule has 0 spiro atoms. The van der Waals surface area contributed by atoms with E-state index in [9.17, 15) is 18.0 Å². The number of carbonyl (C=O) groups excluding carboxylic acids is 1. The third-order valence-corrected chi connectivity index (χ3v) is 4.40. The molecule has 0 atom stereocenters. The number of nitrogens with one attached hydrogen (secondary N) is 1. The smallest absolute Gasteiger partial charge is 0.392 e. The van der Waals surface area contributed by atoms with E-state index < -0.39 is 19.2 Å². The molecule has 0 radical (unpaired) electrons. The van der Waals surface area contributed by atoms with E-state index in [-0.39, 0.29) is 24.2 Å². The molecule has 3 heterocycles. The highest BCUT2D eigenvalue weighted by Crippen LogP contribution is 2.22. The minimum atomic E-state index is -4.26. The number of amides is 1. The Morgan fingerprint density at radius 3 is 2.74 bits per heavy atom. The van der Waals surface area contributed by atoms with Gasteiger partial charge < -0.3 is 10.1 Å². The molecule has 3 aromatic rings. The average Bonchev–Trinajstić information content (AvgIpc) is 3.05. The van der Waals surface area contributed by atoms with Crippen LogP contribution in [-0.4, -0.2) is 44.5 Å². The summed E-state index contributed by atoms with van der Waals surface area (Å²) in [7, 11) is 0. The number of hydrogen-bond donors (Lipinski definition) is 1. The van der Waals surface area contributed by atoms with Crippen LogP contribution in [0.25, 0.3) is 10.9 Å². The second kappa shape index (κ2) is 9.32. The maximum absolute atomic E-state index is 12.3. The SMILES string of the molecule is Cc1cc(Cn2cc3c(CC(=O)NC(C)C)nccc3n2)cnc1OCCC(F)(F)F. The Hall–Kier alpha value is -3.17. The molecule has 0 aliphatic rings. The zero-order chi connectivity index (χ0) is 22.6. The van der Waals surface area contributed by atoms with Crippen LogP contribution in [0, 0.1) is 6.92 Å². The largest absolute Gasteiger partial charge is 0.477 e. The second-order valence-electron chi connectivity index (χ2n) is 7.60. The Bertz CT molecular complexity index is 1060. The fourth-order valence-electron chi connectivity index (χ4n) is 3.10. The van der Waals surface area contributed by atoms with Gasteiger partial charge in [-0.2, -0.15) is 18.3 Å². The van der Waals surface area contributed by atoms with Crippen molar-refractivity contribution in [3.05, 3.63) is 47.5 Å². The molecular weight excluding hydrogens is 411 g/mol. The molecule has 1 N–H and O–H groups in total. The summed E-state index contributed by atoms with van der Waals surface area (Å²) in [5, 5.41) is 8.16. The number of fused-ring (bicyclic) bond motifs is 1. The molecular formula is C21H24F3N5O2. The van der Waals surface area contributed by atoms with Crippen molar-refractivity contribution >= 4 is 16.8 Å². The molecule has 0 saturated heterocycles. The van der Waals surface area contributed by atoms with Gasteiger partial charge >= 0.3 is 6.18 Å². The van der Waals surface area contributed by atoms with Crippen LogP contribution in [0.4, 0.5) is 13.2 Å². The lowest BCUT2D eigenvalue weighted by Gasteiger charge is -2.11. The van der Waals surface area contributed by atoms with Crippen molar-refractivity contribution in [1.29, 1.82) is 0 Å². The molecule has 0 aliphatic carbocycles. The molecule has 0 saturated carbocycles. The van der Waals surface area contributed by atoms with E-state index in [1.54, 1.807) is 36.1 Å². The summed E-state index contributed by atoms with van der Waals surface area (Å²) in [4.78, 5) is 20.6. The molecule has 166 valence electrons. The first-order valence-corrected chi connectivity index (χ1v) is 9.86. The monoisotopic (exact) mass is 435 g/mol. The molecule has 10 heteroatoms. The van der Waals surface area contributed by atoms with E-state index in [4.69, 9.17) is 4.74 Å². The zero-order valence-electron chi connectivity index (χ0n) is 17.5. The van der Waals surface area contributed by atoms with Crippen LogP contribution in [-0.2, 0) is 17.8 Å². The van der Waals surface area contributed by atoms with Crippen LogP contribution in [0.3, 0.4) is 0 Å². The molecule has 0 aliphatic heterocycles. The van der Waals surface area contributed by atoms with Gasteiger partial charge in [0.25, 0.3) is 0 Å². The van der Waals surface area contributed by atoms with Gasteiger partial charge in [-0.05, 0) is 38.5 Å². The summed E-state index contributed by atoms with van der Waals surface area (Å²) in [5.41, 5.74) is 2.83. The zero-order valence-corrected chi connectivity index (χ0v) is 17.5. The van der Waals surface area contributed by atoms with Crippen molar-refractivity contribution in [1.82, 2.24) is 25.1 Å². The Morgan fingerprint density at radius 2 is 2.06 bits per heavy atom. The Kier molecular flexibility index (Phi) is 6.77. The summed E-state index contributed by atoms with van der Waals surface area (Å²) in [6, 6.07) is 3.62. The lowest BCUT2D eigenvalue weighted by molar-refractivity contribution is -0.139. The normalized spacial score (nSPS) is 11.8. The molecule has 31 heavy (non-hydrogen) atoms. The molecule has 3 rings (SSSR count). The van der Waals surface area contributed by atoms with Gasteiger partial charge in [-0.3, -0.25) is 14.5 Å². The maximum Gasteiger partial charge on any atom is 0.392 e. The van der Waals surface area contributed by atoms with Crippen LogP contribution in [0.2, 0.25) is 0 Å². The summed E-state index contributed by atoms with van der Waals surface area (Å²) < 4.78 is 43.7. The first-order chi connectivity index (χ1) is 14.6. The minimum absolute atomic E-state index is 0.0468. The van der Waals surface area contributed by atoms with Crippen molar-refractivity contribution in [3.63, 3.8) is 0 Å². The number of pyridine rings is 2. The van der Waals surface area contributed by atoms with Gasteiger partial charge in [0.2, 0.25) is 11.8 Å². The third kappa shape index (κ3) is 6.40. The summed E-state index contributed by atoms with van der Waals surface area (Å²) in [5.74, 6) is 0.0740. The van der Waals surface area contributed by atoms with Gasteiger partial charge in [0.1, 0.15) is 0 Å². The lowest BCUT2D eigenvalue weighted by Crippen LogP contribution is -2.31. The van der Waals surface area contributed by atoms with E-state index in [1.807, 2.05) is 20.0 Å². The molecule has 1 amide bonds. The topological polar surface area (TPSA) is 81.9 Å². The highest BCUT2D eigenvalue weighted by atomic mass is 19.4. The van der Waals surface area contributed by atoms with Crippen LogP contribution in [0.5, 0.6) is 5.88 Å². The van der Waals surface area contributed by atoms with Gasteiger partial charge in [-0.25, -0.2) is 4.98 Å². The van der Waals surface area contributed by atoms with Gasteiger partial charge in [0.05, 0.1) is 37.2 Å². The number of hydrogen-bond acceptors (Lipinski definition) is 5. The molecule has 0 unspecified atom stereocenters. The fraction of sp³-hybridized carbons (Fsp3) is 0.429. The molecule has 7 nitrogen and oxygen atoms in total. The van der Waals surface area contributed by atoms with Gasteiger partial charge in [-0.1, -0.05) is 0 Å². The van der Waals surface area contributed by atoms with Crippen molar-refractivity contribution in [2.75, 3.05) is 6.61 Å². The van der Waals surface area contributed by atoms with Crippen LogP contribution in [0.1, 0.15) is 37.1 Å². The lowest BCUT2D eigenvalue weighted by atomic mass is 10.2. The average molecular weight is 435 g/mol. The molecule has 0 bridgehead atoms. The van der Waals surface area contributed by atoms with Crippen LogP contribution in [0.15, 0.2) is 30.7 Å². The summed E-state index contributed by atoms with van der Waals surface area (Å²) in [6.45, 7) is 5.46. The Labute approximate surface area is 177 Å². The number of rotatable bonds is 8. The number of halogens is 3. The molecule has 0 aromatic carbocycles. The molecule has 3 aromatic heterocycles. The number of ether oxygens (including phenoxy) is 1. The summed E-state index contributed by atoms with van der Waals surface area (Å²) in [6.07, 6.45) is -0.135. The standard InChI is InChI=1S/C21H24F3N5O2/c1-13(2)27-19(30)9-18-16-12-29(28-17(16)4-6-25-18)11-15-8-14(3)20(26-10-15)31-7-5-21(22,23)24/h4,6,8,10,12-13H,5,7,9,11H2,1-3H3,(H,27,30). The van der Waals surface area contributed by atoms with Gasteiger partial charge in [0, 0.05) is 35.6 Å². The predicted octanol–water partition coefficient (Wildman–Crippen LogP) is 3.58. The highest BCUT2D eigenvalue weighted by molar-refractivity contribution is 5.86. The van der Waals surface area contributed by atoms with E-state index in [0.717, 1.165) is 16.5 Å². The van der Waals surface area contributed by atoms with E-state index in [0.29, 0.717) is 17.8 Å². The third-order valence-electron chi connectivity index (χ3n) is 4.40. The van der Waals surface area contributed by atoms with Crippen molar-refractivity contribution in [2.24, 2.45) is 0 Å². The van der Waals surface area contributed by atoms with Gasteiger partial charge in [-0.15, -0.1) is 0 Å². The van der Waals surface area contributed by atoms with Crippen molar-refractivity contribution in [2.45, 2.75) is 52.4 Å². The number of carbonyl (C=O) groups is 1. The summed E-state index contributed by atoms with van der Waals surface area (Å²) >= 11 is 0. The number of nitrogens with zero attached hydrogens (tertiary/aromatic N) is 4. The van der Waals surface area contributed by atoms with Crippen molar-refractivity contribution < 1.29 is 22.7 Å². The first-order valence-electron chi connectivity index (χ1n) is 9.86. The number of alkyl halides is 3. The molecule has 0 fully saturated rings. The first kappa shape index (κ1) is 22.5. The van der Waals surface area contributed by atoms with Crippen LogP contribution < -0.4 is 10.1 Å². The predicted molar refractivity (Wildman–Crippen MR) is 109 cm³/mol. The van der Waals surface area contributed by atoms with Gasteiger partial charge in [0.15, 0.2) is 0 Å². The maximum atomic E-state index is 12.3. The highest BCUT2D eigenvalue weighted by Gasteiger charge is 2.27. The van der Waals surface area contributed by atoms with E-state index >= 15 is 0 Å². The van der Waals surface area contributed by atoms with E-state index in [1.165, 1.54) is 0 Å². The van der Waals surface area contributed by atoms with Crippen LogP contribution >= 0.6 is 0 Å².